The molecule has 1 fully saturated rings. The van der Waals surface area contributed by atoms with Gasteiger partial charge < -0.3 is 25.4 Å². The van der Waals surface area contributed by atoms with Crippen molar-refractivity contribution in [2.45, 2.75) is 46.2 Å². The fourth-order valence-electron chi connectivity index (χ4n) is 3.99. The summed E-state index contributed by atoms with van der Waals surface area (Å²) in [6, 6.07) is 7.07. The Balaban J connectivity index is 1.76. The van der Waals surface area contributed by atoms with Gasteiger partial charge in [0.2, 0.25) is 11.8 Å². The van der Waals surface area contributed by atoms with Gasteiger partial charge in [0.25, 0.3) is 0 Å². The first-order valence-corrected chi connectivity index (χ1v) is 11.0. The number of H-pyrrole nitrogens is 1. The second kappa shape index (κ2) is 9.85. The molecule has 3 rings (SSSR count). The molecule has 1 aromatic carbocycles. The van der Waals surface area contributed by atoms with E-state index in [1.807, 2.05) is 58.2 Å². The van der Waals surface area contributed by atoms with E-state index in [1.165, 1.54) is 0 Å². The summed E-state index contributed by atoms with van der Waals surface area (Å²) in [6.45, 7) is 9.38. The molecule has 1 aliphatic rings. The molecule has 4 amide bonds. The van der Waals surface area contributed by atoms with Crippen molar-refractivity contribution in [2.75, 3.05) is 26.2 Å². The van der Waals surface area contributed by atoms with Crippen LogP contribution in [-0.2, 0) is 16.0 Å². The smallest absolute Gasteiger partial charge is 0.317 e. The van der Waals surface area contributed by atoms with Gasteiger partial charge in [0.05, 0.1) is 0 Å². The van der Waals surface area contributed by atoms with E-state index >= 15 is 0 Å². The van der Waals surface area contributed by atoms with Gasteiger partial charge in [-0.1, -0.05) is 32.0 Å². The van der Waals surface area contributed by atoms with E-state index in [-0.39, 0.29) is 29.8 Å². The van der Waals surface area contributed by atoms with Gasteiger partial charge in [0, 0.05) is 61.7 Å². The number of nitrogens with zero attached hydrogens (tertiary/aromatic N) is 2. The Bertz CT molecular complexity index is 938. The Kier molecular flexibility index (Phi) is 7.20. The number of urea groups is 1. The molecule has 168 valence electrons. The van der Waals surface area contributed by atoms with Crippen LogP contribution in [0.15, 0.2) is 30.5 Å². The number of benzene rings is 1. The Morgan fingerprint density at radius 2 is 1.94 bits per heavy atom. The van der Waals surface area contributed by atoms with E-state index < -0.39 is 6.04 Å². The number of amides is 4. The third kappa shape index (κ3) is 5.18. The van der Waals surface area contributed by atoms with Crippen LogP contribution < -0.4 is 10.6 Å². The number of fused-ring (bicyclic) bond motifs is 1. The number of carbonyl (C=O) groups is 3. The number of aromatic nitrogens is 1. The van der Waals surface area contributed by atoms with Gasteiger partial charge in [-0.25, -0.2) is 4.79 Å². The Labute approximate surface area is 183 Å². The number of nitrogens with one attached hydrogen (secondary N) is 3. The molecule has 3 N–H and O–H groups in total. The molecular formula is C23H33N5O3. The summed E-state index contributed by atoms with van der Waals surface area (Å²) in [5.74, 6) is -0.472. The van der Waals surface area contributed by atoms with Crippen LogP contribution in [0, 0.1) is 5.92 Å². The summed E-state index contributed by atoms with van der Waals surface area (Å²) in [4.78, 5) is 44.9. The van der Waals surface area contributed by atoms with Crippen molar-refractivity contribution in [3.8, 4) is 0 Å². The summed E-state index contributed by atoms with van der Waals surface area (Å²) >= 11 is 0. The molecule has 1 aliphatic heterocycles. The topological polar surface area (TPSA) is 97.5 Å². The van der Waals surface area contributed by atoms with E-state index in [1.54, 1.807) is 9.80 Å². The van der Waals surface area contributed by atoms with Crippen LogP contribution in [0.1, 0.15) is 33.3 Å². The minimum absolute atomic E-state index is 0.0983. The average molecular weight is 428 g/mol. The largest absolute Gasteiger partial charge is 0.361 e. The molecule has 2 atom stereocenters. The molecule has 8 heteroatoms. The molecule has 0 bridgehead atoms. The molecule has 0 saturated carbocycles. The van der Waals surface area contributed by atoms with Gasteiger partial charge >= 0.3 is 6.03 Å². The van der Waals surface area contributed by atoms with Gasteiger partial charge in [-0.05, 0) is 25.5 Å². The second-order valence-electron chi connectivity index (χ2n) is 8.44. The molecule has 2 heterocycles. The highest BCUT2D eigenvalue weighted by Crippen LogP contribution is 2.20. The predicted molar refractivity (Wildman–Crippen MR) is 121 cm³/mol. The SMILES string of the molecule is CCNC(=O)N1CCN(C(=O)C(Cc2c[nH]c3ccccc23)NC(=O)C(C)C)CC1C. The van der Waals surface area contributed by atoms with Gasteiger partial charge in [-0.15, -0.1) is 0 Å². The van der Waals surface area contributed by atoms with Crippen molar-refractivity contribution in [3.63, 3.8) is 0 Å². The van der Waals surface area contributed by atoms with Crippen LogP contribution in [0.5, 0.6) is 0 Å². The van der Waals surface area contributed by atoms with Crippen LogP contribution in [-0.4, -0.2) is 70.9 Å². The van der Waals surface area contributed by atoms with Gasteiger partial charge in [-0.3, -0.25) is 9.59 Å². The Morgan fingerprint density at radius 1 is 1.19 bits per heavy atom. The summed E-state index contributed by atoms with van der Waals surface area (Å²) in [7, 11) is 0. The van der Waals surface area contributed by atoms with Crippen LogP contribution in [0.25, 0.3) is 10.9 Å². The first-order chi connectivity index (χ1) is 14.8. The lowest BCUT2D eigenvalue weighted by molar-refractivity contribution is -0.139. The maximum absolute atomic E-state index is 13.4. The Morgan fingerprint density at radius 3 is 2.61 bits per heavy atom. The fraction of sp³-hybridized carbons (Fsp3) is 0.522. The third-order valence-electron chi connectivity index (χ3n) is 5.77. The molecule has 8 nitrogen and oxygen atoms in total. The summed E-state index contributed by atoms with van der Waals surface area (Å²) in [5.41, 5.74) is 2.00. The van der Waals surface area contributed by atoms with Crippen molar-refractivity contribution in [2.24, 2.45) is 5.92 Å². The number of hydrogen-bond donors (Lipinski definition) is 3. The minimum Gasteiger partial charge on any atom is -0.361 e. The van der Waals surface area contributed by atoms with Gasteiger partial charge in [-0.2, -0.15) is 0 Å². The molecule has 2 unspecified atom stereocenters. The molecule has 0 radical (unpaired) electrons. The highest BCUT2D eigenvalue weighted by molar-refractivity contribution is 5.90. The van der Waals surface area contributed by atoms with Crippen molar-refractivity contribution in [1.29, 1.82) is 0 Å². The molecule has 0 spiro atoms. The lowest BCUT2D eigenvalue weighted by Gasteiger charge is -2.41. The van der Waals surface area contributed by atoms with E-state index in [0.717, 1.165) is 16.5 Å². The van der Waals surface area contributed by atoms with E-state index in [2.05, 4.69) is 15.6 Å². The summed E-state index contributed by atoms with van der Waals surface area (Å²) < 4.78 is 0. The minimum atomic E-state index is -0.655. The molecule has 31 heavy (non-hydrogen) atoms. The van der Waals surface area contributed by atoms with E-state index in [0.29, 0.717) is 32.6 Å². The van der Waals surface area contributed by atoms with E-state index in [4.69, 9.17) is 0 Å². The first-order valence-electron chi connectivity index (χ1n) is 11.0. The van der Waals surface area contributed by atoms with Crippen molar-refractivity contribution in [3.05, 3.63) is 36.0 Å². The van der Waals surface area contributed by atoms with Crippen LogP contribution >= 0.6 is 0 Å². The van der Waals surface area contributed by atoms with Gasteiger partial charge in [0.1, 0.15) is 6.04 Å². The maximum atomic E-state index is 13.4. The zero-order valence-corrected chi connectivity index (χ0v) is 18.8. The number of aromatic amines is 1. The van der Waals surface area contributed by atoms with Crippen LogP contribution in [0.2, 0.25) is 0 Å². The standard InChI is InChI=1S/C23H33N5O3/c1-5-24-23(31)28-11-10-27(14-16(28)4)22(30)20(26-21(29)15(2)3)12-17-13-25-19-9-7-6-8-18(17)19/h6-9,13,15-16,20,25H,5,10-12,14H2,1-4H3,(H,24,31)(H,26,29). The summed E-state index contributed by atoms with van der Waals surface area (Å²) in [5, 5.41) is 6.82. The van der Waals surface area contributed by atoms with E-state index in [9.17, 15) is 14.4 Å². The fourth-order valence-corrected chi connectivity index (χ4v) is 3.99. The zero-order valence-electron chi connectivity index (χ0n) is 18.8. The third-order valence-corrected chi connectivity index (χ3v) is 5.77. The number of rotatable bonds is 6. The quantitative estimate of drug-likeness (QED) is 0.659. The number of piperazine rings is 1. The maximum Gasteiger partial charge on any atom is 0.317 e. The number of hydrogen-bond acceptors (Lipinski definition) is 3. The number of para-hydroxylation sites is 1. The number of carbonyl (C=O) groups excluding carboxylic acids is 3. The molecular weight excluding hydrogens is 394 g/mol. The monoisotopic (exact) mass is 427 g/mol. The molecule has 1 aromatic heterocycles. The highest BCUT2D eigenvalue weighted by Gasteiger charge is 2.34. The lowest BCUT2D eigenvalue weighted by Crippen LogP contribution is -2.60. The van der Waals surface area contributed by atoms with Crippen molar-refractivity contribution in [1.82, 2.24) is 25.4 Å². The molecule has 2 aromatic rings. The second-order valence-corrected chi connectivity index (χ2v) is 8.44. The predicted octanol–water partition coefficient (Wildman–Crippen LogP) is 2.11. The first kappa shape index (κ1) is 22.7. The van der Waals surface area contributed by atoms with Crippen molar-refractivity contribution >= 4 is 28.7 Å². The van der Waals surface area contributed by atoms with Crippen molar-refractivity contribution < 1.29 is 14.4 Å². The normalized spacial score (nSPS) is 17.6. The van der Waals surface area contributed by atoms with Crippen LogP contribution in [0.3, 0.4) is 0 Å². The van der Waals surface area contributed by atoms with Gasteiger partial charge in [0.15, 0.2) is 0 Å². The molecule has 1 saturated heterocycles. The highest BCUT2D eigenvalue weighted by atomic mass is 16.2. The van der Waals surface area contributed by atoms with Crippen LogP contribution in [0.4, 0.5) is 4.79 Å². The zero-order chi connectivity index (χ0) is 22.5. The summed E-state index contributed by atoms with van der Waals surface area (Å²) in [6.07, 6.45) is 2.31. The average Bonchev–Trinajstić information content (AvgIpc) is 3.15. The Hall–Kier alpha value is -3.03. The lowest BCUT2D eigenvalue weighted by atomic mass is 10.0. The molecule has 0 aliphatic carbocycles.